The van der Waals surface area contributed by atoms with Gasteiger partial charge in [0.05, 0.1) is 26.9 Å². The Balaban J connectivity index is 1.92. The Hall–Kier alpha value is -1.56. The van der Waals surface area contributed by atoms with Crippen molar-refractivity contribution >= 4 is 34.6 Å². The van der Waals surface area contributed by atoms with Crippen molar-refractivity contribution in [1.29, 1.82) is 0 Å². The molecule has 1 atom stereocenters. The maximum Gasteiger partial charge on any atom is 0.171 e. The van der Waals surface area contributed by atoms with Crippen molar-refractivity contribution in [3.05, 3.63) is 52.9 Å². The zero-order valence-corrected chi connectivity index (χ0v) is 14.5. The SMILES string of the molecule is Cc1ccc(NC(=S)NC[C@@H](c2ccco2)[NH+](C)C)cc1Cl. The lowest BCUT2D eigenvalue weighted by Gasteiger charge is -2.21. The van der Waals surface area contributed by atoms with Crippen molar-refractivity contribution < 1.29 is 9.32 Å². The van der Waals surface area contributed by atoms with Gasteiger partial charge in [-0.3, -0.25) is 0 Å². The summed E-state index contributed by atoms with van der Waals surface area (Å²) >= 11 is 11.5. The summed E-state index contributed by atoms with van der Waals surface area (Å²) in [4.78, 5) is 1.27. The average Bonchev–Trinajstić information content (AvgIpc) is 2.97. The van der Waals surface area contributed by atoms with Crippen LogP contribution in [0.5, 0.6) is 0 Å². The molecule has 6 heteroatoms. The van der Waals surface area contributed by atoms with E-state index in [0.29, 0.717) is 11.7 Å². The highest BCUT2D eigenvalue weighted by atomic mass is 35.5. The van der Waals surface area contributed by atoms with Crippen LogP contribution >= 0.6 is 23.8 Å². The smallest absolute Gasteiger partial charge is 0.171 e. The van der Waals surface area contributed by atoms with E-state index in [9.17, 15) is 0 Å². The second-order valence-corrected chi connectivity index (χ2v) is 6.26. The first kappa shape index (κ1) is 16.8. The number of hydrogen-bond acceptors (Lipinski definition) is 2. The Morgan fingerprint density at radius 2 is 2.14 bits per heavy atom. The first-order chi connectivity index (χ1) is 10.5. The summed E-state index contributed by atoms with van der Waals surface area (Å²) in [5.74, 6) is 0.939. The molecule has 0 saturated heterocycles. The number of nitrogens with one attached hydrogen (secondary N) is 3. The van der Waals surface area contributed by atoms with Crippen LogP contribution in [0.4, 0.5) is 5.69 Å². The fourth-order valence-electron chi connectivity index (χ4n) is 2.12. The Labute approximate surface area is 141 Å². The number of anilines is 1. The standard InChI is InChI=1S/C16H20ClN3OS/c1-11-6-7-12(9-13(11)17)19-16(22)18-10-14(20(2)3)15-5-4-8-21-15/h4-9,14H,10H2,1-3H3,(H2,18,19,22)/p+1/t14-/m0/s1. The third-order valence-electron chi connectivity index (χ3n) is 3.48. The van der Waals surface area contributed by atoms with Crippen LogP contribution in [0.1, 0.15) is 17.4 Å². The molecule has 0 radical (unpaired) electrons. The summed E-state index contributed by atoms with van der Waals surface area (Å²) in [5, 5.41) is 7.67. The Bertz CT molecular complexity index is 628. The van der Waals surface area contributed by atoms with Gasteiger partial charge in [-0.1, -0.05) is 17.7 Å². The van der Waals surface area contributed by atoms with Gasteiger partial charge in [-0.15, -0.1) is 0 Å². The number of benzene rings is 1. The minimum atomic E-state index is 0.191. The summed E-state index contributed by atoms with van der Waals surface area (Å²) in [7, 11) is 4.18. The average molecular weight is 339 g/mol. The van der Waals surface area contributed by atoms with E-state index in [1.54, 1.807) is 6.26 Å². The van der Waals surface area contributed by atoms with Crippen LogP contribution in [0.15, 0.2) is 41.0 Å². The van der Waals surface area contributed by atoms with Gasteiger partial charge >= 0.3 is 0 Å². The van der Waals surface area contributed by atoms with Gasteiger partial charge in [-0.25, -0.2) is 0 Å². The summed E-state index contributed by atoms with van der Waals surface area (Å²) in [6.45, 7) is 2.65. The summed E-state index contributed by atoms with van der Waals surface area (Å²) in [5.41, 5.74) is 1.92. The molecule has 0 aliphatic rings. The minimum Gasteiger partial charge on any atom is -0.463 e. The Kier molecular flexibility index (Phi) is 5.83. The normalized spacial score (nSPS) is 12.2. The lowest BCUT2D eigenvalue weighted by molar-refractivity contribution is -0.891. The van der Waals surface area contributed by atoms with Crippen molar-refractivity contribution in [1.82, 2.24) is 5.32 Å². The van der Waals surface area contributed by atoms with Crippen LogP contribution in [0, 0.1) is 6.92 Å². The van der Waals surface area contributed by atoms with Gasteiger partial charge in [0.25, 0.3) is 0 Å². The number of hydrogen-bond donors (Lipinski definition) is 3. The zero-order valence-electron chi connectivity index (χ0n) is 12.9. The van der Waals surface area contributed by atoms with Gasteiger partial charge in [0, 0.05) is 10.7 Å². The van der Waals surface area contributed by atoms with Crippen molar-refractivity contribution in [3.8, 4) is 0 Å². The third-order valence-corrected chi connectivity index (χ3v) is 4.13. The molecule has 0 spiro atoms. The quantitative estimate of drug-likeness (QED) is 0.732. The summed E-state index contributed by atoms with van der Waals surface area (Å²) in [6.07, 6.45) is 1.69. The van der Waals surface area contributed by atoms with E-state index < -0.39 is 0 Å². The monoisotopic (exact) mass is 338 g/mol. The molecule has 0 aliphatic heterocycles. The predicted octanol–water partition coefficient (Wildman–Crippen LogP) is 2.41. The van der Waals surface area contributed by atoms with E-state index in [1.807, 2.05) is 37.3 Å². The molecule has 1 aromatic carbocycles. The molecule has 1 heterocycles. The number of aryl methyl sites for hydroxylation is 1. The fraction of sp³-hybridized carbons (Fsp3) is 0.312. The molecule has 1 aromatic heterocycles. The summed E-state index contributed by atoms with van der Waals surface area (Å²) in [6, 6.07) is 9.85. The Morgan fingerprint density at radius 3 is 2.73 bits per heavy atom. The highest BCUT2D eigenvalue weighted by molar-refractivity contribution is 7.80. The minimum absolute atomic E-state index is 0.191. The maximum atomic E-state index is 6.11. The lowest BCUT2D eigenvalue weighted by atomic mass is 10.2. The van der Waals surface area contributed by atoms with Crippen molar-refractivity contribution in [2.24, 2.45) is 0 Å². The van der Waals surface area contributed by atoms with Gasteiger partial charge in [0.1, 0.15) is 0 Å². The molecule has 3 N–H and O–H groups in total. The van der Waals surface area contributed by atoms with Crippen LogP contribution in [-0.4, -0.2) is 25.8 Å². The van der Waals surface area contributed by atoms with Crippen LogP contribution in [-0.2, 0) is 0 Å². The molecular weight excluding hydrogens is 318 g/mol. The van der Waals surface area contributed by atoms with Gasteiger partial charge in [-0.2, -0.15) is 0 Å². The number of quaternary nitrogens is 1. The molecule has 0 bridgehead atoms. The predicted molar refractivity (Wildman–Crippen MR) is 94.7 cm³/mol. The largest absolute Gasteiger partial charge is 0.463 e. The number of furan rings is 1. The lowest BCUT2D eigenvalue weighted by Crippen LogP contribution is -3.07. The third kappa shape index (κ3) is 4.47. The summed E-state index contributed by atoms with van der Waals surface area (Å²) < 4.78 is 5.49. The maximum absolute atomic E-state index is 6.11. The molecule has 22 heavy (non-hydrogen) atoms. The molecule has 118 valence electrons. The Morgan fingerprint density at radius 1 is 1.36 bits per heavy atom. The first-order valence-electron chi connectivity index (χ1n) is 7.12. The molecule has 4 nitrogen and oxygen atoms in total. The number of likely N-dealkylation sites (N-methyl/N-ethyl adjacent to an activating group) is 1. The van der Waals surface area contributed by atoms with Crippen molar-refractivity contribution in [2.75, 3.05) is 26.0 Å². The van der Waals surface area contributed by atoms with Crippen LogP contribution in [0.25, 0.3) is 0 Å². The van der Waals surface area contributed by atoms with Gasteiger partial charge in [0.2, 0.25) is 0 Å². The topological polar surface area (TPSA) is 41.6 Å². The number of rotatable bonds is 5. The van der Waals surface area contributed by atoms with E-state index in [-0.39, 0.29) is 6.04 Å². The van der Waals surface area contributed by atoms with E-state index in [4.69, 9.17) is 28.2 Å². The molecule has 0 fully saturated rings. The molecule has 2 rings (SSSR count). The van der Waals surface area contributed by atoms with Crippen molar-refractivity contribution in [3.63, 3.8) is 0 Å². The van der Waals surface area contributed by atoms with E-state index in [0.717, 1.165) is 22.0 Å². The number of halogens is 1. The van der Waals surface area contributed by atoms with Crippen molar-refractivity contribution in [2.45, 2.75) is 13.0 Å². The van der Waals surface area contributed by atoms with E-state index in [2.05, 4.69) is 24.7 Å². The first-order valence-corrected chi connectivity index (χ1v) is 7.90. The second-order valence-electron chi connectivity index (χ2n) is 5.44. The molecule has 0 saturated carbocycles. The van der Waals surface area contributed by atoms with Crippen LogP contribution in [0.2, 0.25) is 5.02 Å². The molecule has 0 unspecified atom stereocenters. The highest BCUT2D eigenvalue weighted by Gasteiger charge is 2.20. The van der Waals surface area contributed by atoms with E-state index in [1.165, 1.54) is 4.90 Å². The van der Waals surface area contributed by atoms with Crippen LogP contribution in [0.3, 0.4) is 0 Å². The van der Waals surface area contributed by atoms with Gasteiger partial charge in [0.15, 0.2) is 16.9 Å². The van der Waals surface area contributed by atoms with Crippen LogP contribution < -0.4 is 15.5 Å². The van der Waals surface area contributed by atoms with Gasteiger partial charge in [-0.05, 0) is 49.0 Å². The van der Waals surface area contributed by atoms with Gasteiger partial charge < -0.3 is 20.0 Å². The molecule has 0 amide bonds. The fourth-order valence-corrected chi connectivity index (χ4v) is 2.50. The second kappa shape index (κ2) is 7.63. The molecule has 2 aromatic rings. The zero-order chi connectivity index (χ0) is 16.1. The van der Waals surface area contributed by atoms with E-state index >= 15 is 0 Å². The highest BCUT2D eigenvalue weighted by Crippen LogP contribution is 2.19. The molecular formula is C16H21ClN3OS+. The number of thiocarbonyl (C=S) groups is 1. The molecule has 0 aliphatic carbocycles.